The molecule has 0 unspecified atom stereocenters. The van der Waals surface area contributed by atoms with Gasteiger partial charge >= 0.3 is 0 Å². The van der Waals surface area contributed by atoms with Crippen molar-refractivity contribution in [1.29, 1.82) is 0 Å². The van der Waals surface area contributed by atoms with E-state index in [-0.39, 0.29) is 11.9 Å². The van der Waals surface area contributed by atoms with Gasteiger partial charge in [-0.2, -0.15) is 0 Å². The lowest BCUT2D eigenvalue weighted by molar-refractivity contribution is -0.130. The Kier molecular flexibility index (Phi) is 5.35. The van der Waals surface area contributed by atoms with E-state index in [1.807, 2.05) is 38.1 Å². The molecule has 1 aromatic carbocycles. The number of aromatic nitrogens is 2. The van der Waals surface area contributed by atoms with E-state index < -0.39 is 11.7 Å². The summed E-state index contributed by atoms with van der Waals surface area (Å²) in [5.74, 6) is -1.14. The summed E-state index contributed by atoms with van der Waals surface area (Å²) >= 11 is 0. The molecule has 1 aliphatic heterocycles. The largest absolute Gasteiger partial charge is 0.345 e. The Balaban J connectivity index is 1.51. The number of rotatable bonds is 4. The van der Waals surface area contributed by atoms with Crippen LogP contribution < -0.4 is 0 Å². The van der Waals surface area contributed by atoms with Crippen molar-refractivity contribution >= 4 is 28.6 Å². The van der Waals surface area contributed by atoms with E-state index in [9.17, 15) is 14.4 Å². The van der Waals surface area contributed by atoms with Gasteiger partial charge in [-0.1, -0.05) is 25.1 Å². The zero-order valence-corrected chi connectivity index (χ0v) is 17.1. The van der Waals surface area contributed by atoms with Crippen LogP contribution in [0.5, 0.6) is 0 Å². The summed E-state index contributed by atoms with van der Waals surface area (Å²) in [6, 6.07) is 10.7. The molecule has 0 spiro atoms. The number of nitrogens with one attached hydrogen (secondary N) is 1. The van der Waals surface area contributed by atoms with Gasteiger partial charge in [0.2, 0.25) is 0 Å². The number of piperazine rings is 1. The number of aryl methyl sites for hydroxylation is 1. The Labute approximate surface area is 174 Å². The Morgan fingerprint density at radius 2 is 1.90 bits per heavy atom. The average molecular weight is 404 g/mol. The third-order valence-corrected chi connectivity index (χ3v) is 5.68. The molecule has 1 N–H and O–H groups in total. The molecule has 3 aromatic rings. The minimum atomic E-state index is -0.543. The molecule has 7 nitrogen and oxygen atoms in total. The topological polar surface area (TPSA) is 86.4 Å². The number of benzene rings is 1. The molecule has 1 fully saturated rings. The second kappa shape index (κ2) is 8.10. The van der Waals surface area contributed by atoms with Crippen LogP contribution in [0.15, 0.2) is 48.8 Å². The first-order chi connectivity index (χ1) is 14.5. The standard InChI is InChI=1S/C23H24N4O3/c1-3-16-9-10-24-21-19(16)18(13-25-21)20(28)23(30)27-12-11-26(14-15(27)2)22(29)17-7-5-4-6-8-17/h4-10,13,15H,3,11-12,14H2,1-2H3,(H,24,25)/t15-/m1/s1. The van der Waals surface area contributed by atoms with Crippen molar-refractivity contribution in [2.75, 3.05) is 19.6 Å². The predicted molar refractivity (Wildman–Crippen MR) is 113 cm³/mol. The maximum atomic E-state index is 13.1. The minimum Gasteiger partial charge on any atom is -0.345 e. The van der Waals surface area contributed by atoms with Crippen LogP contribution >= 0.6 is 0 Å². The van der Waals surface area contributed by atoms with Crippen molar-refractivity contribution in [3.63, 3.8) is 0 Å². The van der Waals surface area contributed by atoms with Crippen molar-refractivity contribution in [2.45, 2.75) is 26.3 Å². The van der Waals surface area contributed by atoms with E-state index in [0.29, 0.717) is 41.8 Å². The van der Waals surface area contributed by atoms with Crippen LogP contribution in [0.1, 0.15) is 40.1 Å². The molecule has 1 aliphatic rings. The van der Waals surface area contributed by atoms with Gasteiger partial charge < -0.3 is 14.8 Å². The number of fused-ring (bicyclic) bond motifs is 1. The highest BCUT2D eigenvalue weighted by molar-refractivity contribution is 6.45. The van der Waals surface area contributed by atoms with Crippen LogP contribution in [0.2, 0.25) is 0 Å². The van der Waals surface area contributed by atoms with Gasteiger partial charge in [0.05, 0.1) is 5.56 Å². The molecule has 2 aromatic heterocycles. The number of H-pyrrole nitrogens is 1. The van der Waals surface area contributed by atoms with Gasteiger partial charge in [-0.25, -0.2) is 4.98 Å². The number of hydrogen-bond donors (Lipinski definition) is 1. The zero-order chi connectivity index (χ0) is 21.3. The molecule has 154 valence electrons. The van der Waals surface area contributed by atoms with Crippen molar-refractivity contribution in [3.8, 4) is 0 Å². The SMILES string of the molecule is CCc1ccnc2[nH]cc(C(=O)C(=O)N3CCN(C(=O)c4ccccc4)C[C@H]3C)c12. The fraction of sp³-hybridized carbons (Fsp3) is 0.304. The third kappa shape index (κ3) is 3.47. The number of ketones is 1. The summed E-state index contributed by atoms with van der Waals surface area (Å²) in [5, 5.41) is 0.712. The van der Waals surface area contributed by atoms with E-state index in [2.05, 4.69) is 9.97 Å². The van der Waals surface area contributed by atoms with Gasteiger partial charge in [0.15, 0.2) is 0 Å². The number of carbonyl (C=O) groups is 3. The summed E-state index contributed by atoms with van der Waals surface area (Å²) < 4.78 is 0. The van der Waals surface area contributed by atoms with Gasteiger partial charge in [0.25, 0.3) is 17.6 Å². The number of aromatic amines is 1. The van der Waals surface area contributed by atoms with Crippen LogP contribution in [0.4, 0.5) is 0 Å². The quantitative estimate of drug-likeness (QED) is 0.535. The summed E-state index contributed by atoms with van der Waals surface area (Å²) in [7, 11) is 0. The smallest absolute Gasteiger partial charge is 0.295 e. The normalized spacial score (nSPS) is 16.7. The Morgan fingerprint density at radius 3 is 2.60 bits per heavy atom. The summed E-state index contributed by atoms with van der Waals surface area (Å²) in [5.41, 5.74) is 2.56. The fourth-order valence-corrected chi connectivity index (χ4v) is 4.05. The minimum absolute atomic E-state index is 0.0591. The molecule has 0 bridgehead atoms. The number of nitrogens with zero attached hydrogens (tertiary/aromatic N) is 3. The third-order valence-electron chi connectivity index (χ3n) is 5.68. The van der Waals surface area contributed by atoms with E-state index in [1.54, 1.807) is 34.3 Å². The summed E-state index contributed by atoms with van der Waals surface area (Å²) in [6.45, 7) is 4.98. The number of Topliss-reactive ketones (excluding diaryl/α,β-unsaturated/α-hetero) is 1. The maximum absolute atomic E-state index is 13.1. The second-order valence-electron chi connectivity index (χ2n) is 7.54. The van der Waals surface area contributed by atoms with Crippen molar-refractivity contribution < 1.29 is 14.4 Å². The monoisotopic (exact) mass is 404 g/mol. The predicted octanol–water partition coefficient (Wildman–Crippen LogP) is 2.68. The highest BCUT2D eigenvalue weighted by Gasteiger charge is 2.34. The first-order valence-corrected chi connectivity index (χ1v) is 10.2. The molecule has 0 saturated carbocycles. The molecule has 1 atom stereocenters. The Hall–Kier alpha value is -3.48. The van der Waals surface area contributed by atoms with Crippen molar-refractivity contribution in [1.82, 2.24) is 19.8 Å². The molecule has 0 aliphatic carbocycles. The van der Waals surface area contributed by atoms with E-state index in [1.165, 1.54) is 0 Å². The summed E-state index contributed by atoms with van der Waals surface area (Å²) in [6.07, 6.45) is 4.00. The first kappa shape index (κ1) is 19.8. The van der Waals surface area contributed by atoms with Crippen molar-refractivity contribution in [3.05, 3.63) is 65.5 Å². The Morgan fingerprint density at radius 1 is 1.13 bits per heavy atom. The van der Waals surface area contributed by atoms with Crippen molar-refractivity contribution in [2.24, 2.45) is 0 Å². The number of amides is 2. The molecule has 0 radical (unpaired) electrons. The highest BCUT2D eigenvalue weighted by atomic mass is 16.2. The highest BCUT2D eigenvalue weighted by Crippen LogP contribution is 2.23. The fourth-order valence-electron chi connectivity index (χ4n) is 4.05. The van der Waals surface area contributed by atoms with Gasteiger partial charge in [-0.3, -0.25) is 14.4 Å². The number of carbonyl (C=O) groups excluding carboxylic acids is 3. The molecular formula is C23H24N4O3. The number of hydrogen-bond acceptors (Lipinski definition) is 4. The van der Waals surface area contributed by atoms with E-state index in [0.717, 1.165) is 12.0 Å². The first-order valence-electron chi connectivity index (χ1n) is 10.2. The molecular weight excluding hydrogens is 380 g/mol. The second-order valence-corrected chi connectivity index (χ2v) is 7.54. The van der Waals surface area contributed by atoms with Crippen LogP contribution in [-0.4, -0.2) is 63.0 Å². The van der Waals surface area contributed by atoms with Crippen LogP contribution in [0, 0.1) is 0 Å². The van der Waals surface area contributed by atoms with Gasteiger partial charge in [-0.15, -0.1) is 0 Å². The molecule has 30 heavy (non-hydrogen) atoms. The number of pyridine rings is 1. The molecule has 1 saturated heterocycles. The lowest BCUT2D eigenvalue weighted by Gasteiger charge is -2.39. The lowest BCUT2D eigenvalue weighted by Crippen LogP contribution is -2.56. The molecule has 3 heterocycles. The lowest BCUT2D eigenvalue weighted by atomic mass is 10.0. The average Bonchev–Trinajstić information content (AvgIpc) is 3.22. The van der Waals surface area contributed by atoms with Gasteiger partial charge in [0.1, 0.15) is 5.65 Å². The molecule has 2 amide bonds. The summed E-state index contributed by atoms with van der Waals surface area (Å²) in [4.78, 5) is 49.4. The zero-order valence-electron chi connectivity index (χ0n) is 17.1. The van der Waals surface area contributed by atoms with Crippen LogP contribution in [0.25, 0.3) is 11.0 Å². The van der Waals surface area contributed by atoms with E-state index >= 15 is 0 Å². The van der Waals surface area contributed by atoms with Gasteiger partial charge in [0, 0.05) is 49.0 Å². The van der Waals surface area contributed by atoms with Crippen LogP contribution in [-0.2, 0) is 11.2 Å². The maximum Gasteiger partial charge on any atom is 0.295 e. The van der Waals surface area contributed by atoms with E-state index in [4.69, 9.17) is 0 Å². The molecule has 4 rings (SSSR count). The Bertz CT molecular complexity index is 1110. The van der Waals surface area contributed by atoms with Crippen LogP contribution in [0.3, 0.4) is 0 Å². The van der Waals surface area contributed by atoms with Gasteiger partial charge in [-0.05, 0) is 37.1 Å². The molecule has 7 heteroatoms.